The summed E-state index contributed by atoms with van der Waals surface area (Å²) in [6, 6.07) is 8.15. The van der Waals surface area contributed by atoms with Gasteiger partial charge in [-0.15, -0.1) is 0 Å². The molecule has 6 heteroatoms. The molecule has 0 spiro atoms. The zero-order chi connectivity index (χ0) is 16.4. The van der Waals surface area contributed by atoms with Gasteiger partial charge in [0, 0.05) is 24.7 Å². The predicted molar refractivity (Wildman–Crippen MR) is 91.0 cm³/mol. The van der Waals surface area contributed by atoms with Crippen LogP contribution in [-0.4, -0.2) is 51.2 Å². The number of aromatic nitrogens is 3. The molecular weight excluding hydrogens is 302 g/mol. The Balaban J connectivity index is 1.36. The first-order valence-corrected chi connectivity index (χ1v) is 8.77. The van der Waals surface area contributed by atoms with Crippen LogP contribution in [0.15, 0.2) is 36.9 Å². The van der Waals surface area contributed by atoms with Crippen LogP contribution in [0.1, 0.15) is 36.0 Å². The van der Waals surface area contributed by atoms with Crippen LogP contribution >= 0.6 is 0 Å². The maximum absolute atomic E-state index is 12.8. The number of likely N-dealkylation sites (tertiary alicyclic amines) is 1. The van der Waals surface area contributed by atoms with E-state index in [0.29, 0.717) is 11.6 Å². The highest BCUT2D eigenvalue weighted by atomic mass is 16.2. The van der Waals surface area contributed by atoms with Gasteiger partial charge in [0.1, 0.15) is 12.7 Å². The Bertz CT molecular complexity index is 687. The fourth-order valence-electron chi connectivity index (χ4n) is 3.25. The number of amides is 1. The summed E-state index contributed by atoms with van der Waals surface area (Å²) in [6.07, 6.45) is 7.98. The number of carbonyl (C=O) groups is 1. The van der Waals surface area contributed by atoms with E-state index in [0.717, 1.165) is 44.1 Å². The molecule has 1 aliphatic heterocycles. The lowest BCUT2D eigenvalue weighted by Crippen LogP contribution is -2.45. The smallest absolute Gasteiger partial charge is 0.253 e. The highest BCUT2D eigenvalue weighted by Gasteiger charge is 2.26. The minimum atomic E-state index is 0.109. The van der Waals surface area contributed by atoms with Crippen molar-refractivity contribution in [2.45, 2.75) is 31.7 Å². The molecule has 0 atom stereocenters. The second kappa shape index (κ2) is 6.73. The van der Waals surface area contributed by atoms with Gasteiger partial charge in [-0.2, -0.15) is 5.10 Å². The normalized spacial score (nSPS) is 18.8. The maximum Gasteiger partial charge on any atom is 0.253 e. The minimum Gasteiger partial charge on any atom is -0.339 e. The number of rotatable bonds is 5. The van der Waals surface area contributed by atoms with Gasteiger partial charge >= 0.3 is 0 Å². The zero-order valence-electron chi connectivity index (χ0n) is 13.8. The van der Waals surface area contributed by atoms with Crippen LogP contribution in [0.4, 0.5) is 0 Å². The Hall–Kier alpha value is -2.21. The number of nitrogens with one attached hydrogen (secondary N) is 1. The molecular formula is C18H23N5O. The number of benzene rings is 1. The standard InChI is InChI=1S/C18H23N5O/c24-18(15-2-1-3-17(10-15)23-13-19-12-21-23)22-8-6-16(7-9-22)20-11-14-4-5-14/h1-3,10,12-14,16,20H,4-9,11H2. The average molecular weight is 325 g/mol. The van der Waals surface area contributed by atoms with E-state index in [1.54, 1.807) is 11.0 Å². The number of piperidine rings is 1. The number of nitrogens with zero attached hydrogens (tertiary/aromatic N) is 4. The summed E-state index contributed by atoms with van der Waals surface area (Å²) in [5.41, 5.74) is 1.58. The second-order valence-electron chi connectivity index (χ2n) is 6.81. The van der Waals surface area contributed by atoms with Crippen molar-refractivity contribution in [2.75, 3.05) is 19.6 Å². The van der Waals surface area contributed by atoms with Crippen LogP contribution in [-0.2, 0) is 0 Å². The van der Waals surface area contributed by atoms with Crippen molar-refractivity contribution >= 4 is 5.91 Å². The van der Waals surface area contributed by atoms with Crippen molar-refractivity contribution in [3.05, 3.63) is 42.5 Å². The van der Waals surface area contributed by atoms with E-state index in [-0.39, 0.29) is 5.91 Å². The van der Waals surface area contributed by atoms with Crippen molar-refractivity contribution in [3.8, 4) is 5.69 Å². The van der Waals surface area contributed by atoms with Gasteiger partial charge in [0.25, 0.3) is 5.91 Å². The molecule has 1 amide bonds. The molecule has 1 aromatic heterocycles. The lowest BCUT2D eigenvalue weighted by Gasteiger charge is -2.32. The second-order valence-corrected chi connectivity index (χ2v) is 6.81. The fourth-order valence-corrected chi connectivity index (χ4v) is 3.25. The van der Waals surface area contributed by atoms with Crippen LogP contribution in [0.5, 0.6) is 0 Å². The fraction of sp³-hybridized carbons (Fsp3) is 0.500. The topological polar surface area (TPSA) is 63.1 Å². The first kappa shape index (κ1) is 15.3. The van der Waals surface area contributed by atoms with Gasteiger partial charge in [-0.25, -0.2) is 9.67 Å². The third kappa shape index (κ3) is 3.48. The van der Waals surface area contributed by atoms with Gasteiger partial charge in [-0.3, -0.25) is 4.79 Å². The highest BCUT2D eigenvalue weighted by Crippen LogP contribution is 2.28. The average Bonchev–Trinajstić information content (AvgIpc) is 3.30. The van der Waals surface area contributed by atoms with Gasteiger partial charge in [0.15, 0.2) is 0 Å². The van der Waals surface area contributed by atoms with Gasteiger partial charge in [0.05, 0.1) is 5.69 Å². The van der Waals surface area contributed by atoms with Crippen molar-refractivity contribution in [1.82, 2.24) is 25.0 Å². The van der Waals surface area contributed by atoms with E-state index in [1.165, 1.54) is 19.2 Å². The summed E-state index contributed by atoms with van der Waals surface area (Å²) >= 11 is 0. The Morgan fingerprint density at radius 1 is 1.21 bits per heavy atom. The molecule has 0 radical (unpaired) electrons. The van der Waals surface area contributed by atoms with E-state index in [1.807, 2.05) is 29.2 Å². The monoisotopic (exact) mass is 325 g/mol. The van der Waals surface area contributed by atoms with Gasteiger partial charge in [0.2, 0.25) is 0 Å². The third-order valence-corrected chi connectivity index (χ3v) is 4.95. The van der Waals surface area contributed by atoms with Gasteiger partial charge in [-0.1, -0.05) is 6.07 Å². The Kier molecular flexibility index (Phi) is 4.30. The SMILES string of the molecule is O=C(c1cccc(-n2cncn2)c1)N1CCC(NCC2CC2)CC1. The van der Waals surface area contributed by atoms with Crippen LogP contribution < -0.4 is 5.32 Å². The molecule has 2 aromatic rings. The highest BCUT2D eigenvalue weighted by molar-refractivity contribution is 5.94. The Morgan fingerprint density at radius 2 is 2.04 bits per heavy atom. The summed E-state index contributed by atoms with van der Waals surface area (Å²) in [6.45, 7) is 2.81. The summed E-state index contributed by atoms with van der Waals surface area (Å²) < 4.78 is 1.67. The summed E-state index contributed by atoms with van der Waals surface area (Å²) in [4.78, 5) is 18.7. The van der Waals surface area contributed by atoms with Crippen LogP contribution in [0.2, 0.25) is 0 Å². The summed E-state index contributed by atoms with van der Waals surface area (Å²) in [5.74, 6) is 1.02. The molecule has 1 aliphatic carbocycles. The molecule has 2 fully saturated rings. The zero-order valence-corrected chi connectivity index (χ0v) is 13.8. The van der Waals surface area contributed by atoms with E-state index in [4.69, 9.17) is 0 Å². The molecule has 1 saturated heterocycles. The van der Waals surface area contributed by atoms with Crippen molar-refractivity contribution in [1.29, 1.82) is 0 Å². The maximum atomic E-state index is 12.8. The number of carbonyl (C=O) groups excluding carboxylic acids is 1. The Morgan fingerprint density at radius 3 is 2.75 bits per heavy atom. The predicted octanol–water partition coefficient (Wildman–Crippen LogP) is 1.87. The van der Waals surface area contributed by atoms with Crippen molar-refractivity contribution in [3.63, 3.8) is 0 Å². The lowest BCUT2D eigenvalue weighted by atomic mass is 10.0. The van der Waals surface area contributed by atoms with E-state index in [2.05, 4.69) is 15.4 Å². The minimum absolute atomic E-state index is 0.109. The summed E-state index contributed by atoms with van der Waals surface area (Å²) in [5, 5.41) is 7.78. The van der Waals surface area contributed by atoms with E-state index < -0.39 is 0 Å². The van der Waals surface area contributed by atoms with Crippen LogP contribution in [0.25, 0.3) is 5.69 Å². The molecule has 0 unspecified atom stereocenters. The van der Waals surface area contributed by atoms with E-state index >= 15 is 0 Å². The first-order chi connectivity index (χ1) is 11.8. The molecule has 0 bridgehead atoms. The molecule has 2 aliphatic rings. The van der Waals surface area contributed by atoms with Crippen molar-refractivity contribution in [2.24, 2.45) is 5.92 Å². The number of hydrogen-bond donors (Lipinski definition) is 1. The largest absolute Gasteiger partial charge is 0.339 e. The third-order valence-electron chi connectivity index (χ3n) is 4.95. The molecule has 4 rings (SSSR count). The van der Waals surface area contributed by atoms with Crippen molar-refractivity contribution < 1.29 is 4.79 Å². The lowest BCUT2D eigenvalue weighted by molar-refractivity contribution is 0.0705. The Labute approximate surface area is 141 Å². The molecule has 24 heavy (non-hydrogen) atoms. The van der Waals surface area contributed by atoms with Gasteiger partial charge < -0.3 is 10.2 Å². The quantitative estimate of drug-likeness (QED) is 0.911. The number of hydrogen-bond acceptors (Lipinski definition) is 4. The van der Waals surface area contributed by atoms with E-state index in [9.17, 15) is 4.79 Å². The summed E-state index contributed by atoms with van der Waals surface area (Å²) in [7, 11) is 0. The molecule has 1 aromatic carbocycles. The van der Waals surface area contributed by atoms with Gasteiger partial charge in [-0.05, 0) is 56.3 Å². The van der Waals surface area contributed by atoms with Crippen LogP contribution in [0, 0.1) is 5.92 Å². The first-order valence-electron chi connectivity index (χ1n) is 8.77. The molecule has 2 heterocycles. The van der Waals surface area contributed by atoms with Crippen LogP contribution in [0.3, 0.4) is 0 Å². The molecule has 6 nitrogen and oxygen atoms in total. The molecule has 1 saturated carbocycles. The molecule has 1 N–H and O–H groups in total. The molecule has 126 valence electrons.